The van der Waals surface area contributed by atoms with Gasteiger partial charge < -0.3 is 0 Å². The van der Waals surface area contributed by atoms with Crippen LogP contribution in [0.4, 0.5) is 0 Å². The smallest absolute Gasteiger partial charge is 0.219 e. The fourth-order valence-corrected chi connectivity index (χ4v) is 4.41. The molecule has 1 aliphatic heterocycles. The number of aryl methyl sites for hydroxylation is 1. The van der Waals surface area contributed by atoms with Crippen LogP contribution in [0.25, 0.3) is 23.2 Å². The molecule has 3 aromatic heterocycles. The van der Waals surface area contributed by atoms with Gasteiger partial charge in [-0.1, -0.05) is 0 Å². The number of hydrogen-bond acceptors (Lipinski definition) is 7. The molecule has 23 heavy (non-hydrogen) atoms. The van der Waals surface area contributed by atoms with Crippen molar-refractivity contribution in [3.8, 4) is 23.2 Å². The molecule has 1 unspecified atom stereocenters. The Morgan fingerprint density at radius 2 is 2.30 bits per heavy atom. The summed E-state index contributed by atoms with van der Waals surface area (Å²) in [5, 5.41) is 16.0. The second kappa shape index (κ2) is 6.00. The number of rotatable bonds is 4. The summed E-state index contributed by atoms with van der Waals surface area (Å²) in [6, 6.07) is 0.343. The van der Waals surface area contributed by atoms with E-state index in [-0.39, 0.29) is 0 Å². The first kappa shape index (κ1) is 14.8. The van der Waals surface area contributed by atoms with Crippen molar-refractivity contribution in [3.63, 3.8) is 0 Å². The lowest BCUT2D eigenvalue weighted by Crippen LogP contribution is -2.12. The molecular weight excluding hydrogens is 332 g/mol. The van der Waals surface area contributed by atoms with E-state index in [0.29, 0.717) is 17.7 Å². The molecule has 1 fully saturated rings. The predicted molar refractivity (Wildman–Crippen MR) is 90.4 cm³/mol. The second-order valence-corrected chi connectivity index (χ2v) is 7.27. The van der Waals surface area contributed by atoms with Gasteiger partial charge in [0.25, 0.3) is 0 Å². The number of aromatic nitrogens is 8. The molecule has 0 radical (unpaired) electrons. The van der Waals surface area contributed by atoms with E-state index in [2.05, 4.69) is 20.3 Å². The molecule has 1 saturated heterocycles. The van der Waals surface area contributed by atoms with E-state index in [9.17, 15) is 0 Å². The molecule has 1 atom stereocenters. The van der Waals surface area contributed by atoms with Crippen LogP contribution in [0, 0.1) is 0 Å². The standard InChI is InChI=1S/C13H16N8S2/c1-20-5-9(22-2)10(18-20)13-16-12(11-14-7-15-17-11)19-21(13)8-3-4-23-6-8/h5,7-8H,3-4,6H2,1-2H3,(H,14,15,17). The van der Waals surface area contributed by atoms with E-state index in [1.54, 1.807) is 11.8 Å². The minimum atomic E-state index is 0.343. The average Bonchev–Trinajstić information content (AvgIpc) is 3.31. The Morgan fingerprint density at radius 1 is 1.39 bits per heavy atom. The molecule has 1 N–H and O–H groups in total. The number of hydrogen-bond donors (Lipinski definition) is 1. The number of aromatic amines is 1. The first-order valence-corrected chi connectivity index (χ1v) is 9.62. The molecule has 0 spiro atoms. The molecule has 0 aliphatic carbocycles. The maximum atomic E-state index is 4.71. The van der Waals surface area contributed by atoms with Crippen LogP contribution in [0.2, 0.25) is 0 Å². The highest BCUT2D eigenvalue weighted by Gasteiger charge is 2.27. The summed E-state index contributed by atoms with van der Waals surface area (Å²) in [5.41, 5.74) is 0.871. The zero-order valence-electron chi connectivity index (χ0n) is 12.8. The van der Waals surface area contributed by atoms with E-state index >= 15 is 0 Å². The largest absolute Gasteiger partial charge is 0.274 e. The zero-order valence-corrected chi connectivity index (χ0v) is 14.4. The Labute approximate surface area is 141 Å². The highest BCUT2D eigenvalue weighted by Crippen LogP contribution is 2.34. The molecule has 10 heteroatoms. The van der Waals surface area contributed by atoms with E-state index in [0.717, 1.165) is 34.3 Å². The van der Waals surface area contributed by atoms with Gasteiger partial charge in [0, 0.05) is 19.0 Å². The van der Waals surface area contributed by atoms with Crippen molar-refractivity contribution < 1.29 is 0 Å². The summed E-state index contributed by atoms with van der Waals surface area (Å²) in [6.45, 7) is 0. The van der Waals surface area contributed by atoms with Crippen LogP contribution < -0.4 is 0 Å². The number of H-pyrrole nitrogens is 1. The second-order valence-electron chi connectivity index (χ2n) is 5.27. The van der Waals surface area contributed by atoms with Crippen molar-refractivity contribution in [2.24, 2.45) is 7.05 Å². The van der Waals surface area contributed by atoms with Crippen molar-refractivity contribution in [3.05, 3.63) is 12.5 Å². The van der Waals surface area contributed by atoms with E-state index in [1.165, 1.54) is 6.33 Å². The van der Waals surface area contributed by atoms with Crippen LogP contribution in [0.5, 0.6) is 0 Å². The lowest BCUT2D eigenvalue weighted by molar-refractivity contribution is 0.505. The van der Waals surface area contributed by atoms with Gasteiger partial charge in [-0.3, -0.25) is 9.78 Å². The third-order valence-electron chi connectivity index (χ3n) is 3.74. The number of nitrogens with one attached hydrogen (secondary N) is 1. The topological polar surface area (TPSA) is 90.1 Å². The van der Waals surface area contributed by atoms with Gasteiger partial charge in [0.1, 0.15) is 12.0 Å². The van der Waals surface area contributed by atoms with Gasteiger partial charge >= 0.3 is 0 Å². The fourth-order valence-electron chi connectivity index (χ4n) is 2.64. The molecule has 3 aromatic rings. The molecule has 0 aromatic carbocycles. The highest BCUT2D eigenvalue weighted by molar-refractivity contribution is 7.99. The van der Waals surface area contributed by atoms with Crippen LogP contribution in [0.1, 0.15) is 12.5 Å². The van der Waals surface area contributed by atoms with E-state index in [1.807, 2.05) is 40.6 Å². The monoisotopic (exact) mass is 348 g/mol. The molecule has 0 amide bonds. The van der Waals surface area contributed by atoms with Gasteiger partial charge in [-0.15, -0.1) is 16.9 Å². The van der Waals surface area contributed by atoms with Crippen LogP contribution in [-0.4, -0.2) is 57.5 Å². The zero-order chi connectivity index (χ0) is 15.8. The third-order valence-corrected chi connectivity index (χ3v) is 5.62. The Balaban J connectivity index is 1.86. The fraction of sp³-hybridized carbons (Fsp3) is 0.462. The van der Waals surface area contributed by atoms with Gasteiger partial charge in [0.2, 0.25) is 5.82 Å². The lowest BCUT2D eigenvalue weighted by atomic mass is 10.2. The third kappa shape index (κ3) is 2.65. The summed E-state index contributed by atoms with van der Waals surface area (Å²) in [7, 11) is 1.92. The van der Waals surface area contributed by atoms with E-state index < -0.39 is 0 Å². The molecule has 120 valence electrons. The molecule has 8 nitrogen and oxygen atoms in total. The van der Waals surface area contributed by atoms with Gasteiger partial charge in [-0.2, -0.15) is 22.0 Å². The maximum absolute atomic E-state index is 4.71. The van der Waals surface area contributed by atoms with Gasteiger partial charge in [-0.25, -0.2) is 14.6 Å². The Bertz CT molecular complexity index is 800. The van der Waals surface area contributed by atoms with Crippen molar-refractivity contribution >= 4 is 23.5 Å². The normalized spacial score (nSPS) is 17.9. The Kier molecular flexibility index (Phi) is 3.85. The summed E-state index contributed by atoms with van der Waals surface area (Å²) in [6.07, 6.45) is 6.62. The van der Waals surface area contributed by atoms with Gasteiger partial charge in [0.15, 0.2) is 11.6 Å². The summed E-state index contributed by atoms with van der Waals surface area (Å²) < 4.78 is 3.83. The van der Waals surface area contributed by atoms with Crippen molar-refractivity contribution in [1.29, 1.82) is 0 Å². The van der Waals surface area contributed by atoms with Gasteiger partial charge in [-0.05, 0) is 18.4 Å². The molecule has 4 heterocycles. The molecular formula is C13H16N8S2. The minimum absolute atomic E-state index is 0.343. The summed E-state index contributed by atoms with van der Waals surface area (Å²) >= 11 is 3.61. The predicted octanol–water partition coefficient (Wildman–Crippen LogP) is 1.86. The Morgan fingerprint density at radius 3 is 3.00 bits per heavy atom. The first-order chi connectivity index (χ1) is 11.3. The molecule has 0 saturated carbocycles. The van der Waals surface area contributed by atoms with Crippen molar-refractivity contribution in [2.75, 3.05) is 17.8 Å². The van der Waals surface area contributed by atoms with Crippen LogP contribution >= 0.6 is 23.5 Å². The van der Waals surface area contributed by atoms with E-state index in [4.69, 9.17) is 10.1 Å². The van der Waals surface area contributed by atoms with Crippen molar-refractivity contribution in [2.45, 2.75) is 17.4 Å². The van der Waals surface area contributed by atoms with Crippen molar-refractivity contribution in [1.82, 2.24) is 39.7 Å². The molecule has 1 aliphatic rings. The quantitative estimate of drug-likeness (QED) is 0.720. The maximum Gasteiger partial charge on any atom is 0.219 e. The number of thioether (sulfide) groups is 2. The number of nitrogens with zero attached hydrogens (tertiary/aromatic N) is 7. The van der Waals surface area contributed by atoms with Gasteiger partial charge in [0.05, 0.1) is 10.9 Å². The summed E-state index contributed by atoms with van der Waals surface area (Å²) in [4.78, 5) is 9.97. The van der Waals surface area contributed by atoms with Crippen LogP contribution in [-0.2, 0) is 7.05 Å². The van der Waals surface area contributed by atoms with Crippen LogP contribution in [0.3, 0.4) is 0 Å². The van der Waals surface area contributed by atoms with Crippen LogP contribution in [0.15, 0.2) is 17.4 Å². The Hall–Kier alpha value is -1.81. The SMILES string of the molecule is CSc1cn(C)nc1-c1nc(-c2ncn[nH]2)nn1C1CCSC1. The summed E-state index contributed by atoms with van der Waals surface area (Å²) in [5.74, 6) is 4.14. The molecule has 4 rings (SSSR count). The minimum Gasteiger partial charge on any atom is -0.274 e. The lowest BCUT2D eigenvalue weighted by Gasteiger charge is -2.11. The molecule has 0 bridgehead atoms. The highest BCUT2D eigenvalue weighted by atomic mass is 32.2. The first-order valence-electron chi connectivity index (χ1n) is 7.24. The average molecular weight is 348 g/mol.